The van der Waals surface area contributed by atoms with E-state index in [4.69, 9.17) is 0 Å². The van der Waals surface area contributed by atoms with Gasteiger partial charge in [0.15, 0.2) is 0 Å². The molecule has 1 radical (unpaired) electrons. The summed E-state index contributed by atoms with van der Waals surface area (Å²) in [5.74, 6) is 1.65. The number of rotatable bonds is 2. The van der Waals surface area contributed by atoms with E-state index in [1.165, 1.54) is 5.92 Å². The predicted octanol–water partition coefficient (Wildman–Crippen LogP) is 2.63. The first kappa shape index (κ1) is 7.61. The highest BCUT2D eigenvalue weighted by Crippen LogP contribution is 2.17. The lowest BCUT2D eigenvalue weighted by Crippen LogP contribution is -1.97. The van der Waals surface area contributed by atoms with Crippen molar-refractivity contribution in [3.05, 3.63) is 25.0 Å². The smallest absolute Gasteiger partial charge is 0.0548 e. The van der Waals surface area contributed by atoms with E-state index in [2.05, 4.69) is 34.3 Å². The Hall–Kier alpha value is -0.390. The van der Waals surface area contributed by atoms with Gasteiger partial charge in [0.05, 0.1) is 5.92 Å². The van der Waals surface area contributed by atoms with Crippen molar-refractivity contribution in [3.8, 4) is 0 Å². The first-order valence-electron chi connectivity index (χ1n) is 2.88. The summed E-state index contributed by atoms with van der Waals surface area (Å²) in [7, 11) is 0. The fourth-order valence-electron chi connectivity index (χ4n) is 0.493. The maximum absolute atomic E-state index is 3.85. The molecule has 0 N–H and O–H groups in total. The summed E-state index contributed by atoms with van der Waals surface area (Å²) >= 11 is 0. The number of hydrogen-bond acceptors (Lipinski definition) is 0. The van der Waals surface area contributed by atoms with Crippen LogP contribution in [0, 0.1) is 18.8 Å². The van der Waals surface area contributed by atoms with Gasteiger partial charge in [0.1, 0.15) is 5.57 Å². The largest absolute Gasteiger partial charge is 0.104 e. The summed E-state index contributed by atoms with van der Waals surface area (Å²) in [4.78, 5) is 0. The Morgan fingerprint density at radius 1 is 1.50 bits per heavy atom. The zero-order valence-electron chi connectivity index (χ0n) is 5.99. The standard InChI is InChI=1S/C8H14/c1-6(2)8(5)7(3)4/h6H,1,5H2,2-4H3/q+1. The van der Waals surface area contributed by atoms with Gasteiger partial charge in [-0.05, 0) is 6.92 Å². The van der Waals surface area contributed by atoms with Gasteiger partial charge in [-0.25, -0.2) is 0 Å². The first-order valence-corrected chi connectivity index (χ1v) is 2.88. The molecule has 45 valence electrons. The second-order valence-electron chi connectivity index (χ2n) is 2.43. The van der Waals surface area contributed by atoms with Gasteiger partial charge in [-0.2, -0.15) is 0 Å². The normalized spacial score (nSPS) is 9.62. The third kappa shape index (κ3) is 2.06. The molecule has 0 nitrogen and oxygen atoms in total. The molecule has 1 atom stereocenters. The molecule has 0 aromatic heterocycles. The van der Waals surface area contributed by atoms with E-state index in [1.54, 1.807) is 0 Å². The van der Waals surface area contributed by atoms with Crippen LogP contribution in [0.3, 0.4) is 0 Å². The van der Waals surface area contributed by atoms with Crippen molar-refractivity contribution in [2.45, 2.75) is 20.8 Å². The lowest BCUT2D eigenvalue weighted by Gasteiger charge is -2.02. The third-order valence-electron chi connectivity index (χ3n) is 1.24. The minimum absolute atomic E-state index is 0.361. The van der Waals surface area contributed by atoms with Crippen LogP contribution in [0.1, 0.15) is 20.8 Å². The quantitative estimate of drug-likeness (QED) is 0.479. The highest BCUT2D eigenvalue weighted by Gasteiger charge is 2.11. The predicted molar refractivity (Wildman–Crippen MR) is 38.3 cm³/mol. The topological polar surface area (TPSA) is 0 Å². The van der Waals surface area contributed by atoms with Crippen LogP contribution >= 0.6 is 0 Å². The SMILES string of the molecule is [CH2]C(C)C(=C)[C+](C)C. The third-order valence-corrected chi connectivity index (χ3v) is 1.24. The van der Waals surface area contributed by atoms with Gasteiger partial charge in [-0.3, -0.25) is 0 Å². The molecule has 0 heterocycles. The molecule has 0 aromatic carbocycles. The first-order chi connectivity index (χ1) is 3.55. The maximum Gasteiger partial charge on any atom is 0.104 e. The summed E-state index contributed by atoms with van der Waals surface area (Å²) in [6, 6.07) is 0. The molecule has 0 saturated carbocycles. The molecule has 0 amide bonds. The van der Waals surface area contributed by atoms with Crippen LogP contribution in [0.2, 0.25) is 0 Å². The van der Waals surface area contributed by atoms with Crippen molar-refractivity contribution in [2.75, 3.05) is 0 Å². The molecule has 0 aliphatic carbocycles. The van der Waals surface area contributed by atoms with Crippen molar-refractivity contribution >= 4 is 0 Å². The average Bonchev–Trinajstić information content (AvgIpc) is 1.64. The minimum Gasteiger partial charge on any atom is -0.0548 e. The number of hydrogen-bond donors (Lipinski definition) is 0. The van der Waals surface area contributed by atoms with Crippen LogP contribution in [-0.4, -0.2) is 0 Å². The summed E-state index contributed by atoms with van der Waals surface area (Å²) in [5, 5.41) is 0. The van der Waals surface area contributed by atoms with Gasteiger partial charge < -0.3 is 0 Å². The Balaban J connectivity index is 3.65. The molecule has 8 heavy (non-hydrogen) atoms. The van der Waals surface area contributed by atoms with Gasteiger partial charge in [0.2, 0.25) is 0 Å². The molecule has 0 aliphatic heterocycles. The molecular formula is C8H14+. The van der Waals surface area contributed by atoms with E-state index in [0.29, 0.717) is 5.92 Å². The van der Waals surface area contributed by atoms with E-state index in [-0.39, 0.29) is 0 Å². The summed E-state index contributed by atoms with van der Waals surface area (Å²) in [5.41, 5.74) is 1.16. The molecule has 0 bridgehead atoms. The lowest BCUT2D eigenvalue weighted by atomic mass is 9.95. The van der Waals surface area contributed by atoms with Crippen molar-refractivity contribution in [1.29, 1.82) is 0 Å². The minimum atomic E-state index is 0.361. The van der Waals surface area contributed by atoms with Gasteiger partial charge in [0, 0.05) is 26.3 Å². The molecule has 0 spiro atoms. The monoisotopic (exact) mass is 110 g/mol. The maximum atomic E-state index is 3.85. The molecule has 0 aromatic rings. The summed E-state index contributed by atoms with van der Waals surface area (Å²) in [6.45, 7) is 13.9. The lowest BCUT2D eigenvalue weighted by molar-refractivity contribution is 0.828. The van der Waals surface area contributed by atoms with Crippen molar-refractivity contribution in [3.63, 3.8) is 0 Å². The fraction of sp³-hybridized carbons (Fsp3) is 0.500. The van der Waals surface area contributed by atoms with Crippen LogP contribution in [-0.2, 0) is 0 Å². The highest BCUT2D eigenvalue weighted by molar-refractivity contribution is 5.19. The Labute approximate surface area is 52.6 Å². The van der Waals surface area contributed by atoms with Gasteiger partial charge in [0.25, 0.3) is 0 Å². The second kappa shape index (κ2) is 2.81. The van der Waals surface area contributed by atoms with E-state index in [9.17, 15) is 0 Å². The van der Waals surface area contributed by atoms with Crippen molar-refractivity contribution in [1.82, 2.24) is 0 Å². The molecule has 0 aliphatic rings. The Morgan fingerprint density at radius 2 is 1.88 bits per heavy atom. The molecule has 1 unspecified atom stereocenters. The molecule has 0 heteroatoms. The van der Waals surface area contributed by atoms with E-state index < -0.39 is 0 Å². The Morgan fingerprint density at radius 3 is 1.88 bits per heavy atom. The van der Waals surface area contributed by atoms with Crippen LogP contribution in [0.4, 0.5) is 0 Å². The van der Waals surface area contributed by atoms with Crippen molar-refractivity contribution in [2.24, 2.45) is 5.92 Å². The Kier molecular flexibility index (Phi) is 2.67. The molecule has 0 rings (SSSR count). The van der Waals surface area contributed by atoms with Gasteiger partial charge >= 0.3 is 0 Å². The van der Waals surface area contributed by atoms with E-state index in [1.807, 2.05) is 0 Å². The Bertz CT molecular complexity index is 68.0. The average molecular weight is 110 g/mol. The zero-order valence-corrected chi connectivity index (χ0v) is 5.99. The van der Waals surface area contributed by atoms with Crippen LogP contribution < -0.4 is 0 Å². The number of allylic oxidation sites excluding steroid dienone is 1. The molecule has 0 saturated heterocycles. The highest BCUT2D eigenvalue weighted by atomic mass is 14.1. The fourth-order valence-corrected chi connectivity index (χ4v) is 0.493. The summed E-state index contributed by atoms with van der Waals surface area (Å²) in [6.07, 6.45) is 0. The van der Waals surface area contributed by atoms with E-state index in [0.717, 1.165) is 5.57 Å². The van der Waals surface area contributed by atoms with Crippen LogP contribution in [0.25, 0.3) is 0 Å². The molecular weight excluding hydrogens is 96.1 g/mol. The van der Waals surface area contributed by atoms with Crippen LogP contribution in [0.5, 0.6) is 0 Å². The zero-order chi connectivity index (χ0) is 6.73. The van der Waals surface area contributed by atoms with Crippen LogP contribution in [0.15, 0.2) is 12.2 Å². The summed E-state index contributed by atoms with van der Waals surface area (Å²) < 4.78 is 0. The molecule has 0 fully saturated rings. The second-order valence-corrected chi connectivity index (χ2v) is 2.43. The van der Waals surface area contributed by atoms with Gasteiger partial charge in [-0.1, -0.05) is 6.92 Å². The van der Waals surface area contributed by atoms with Gasteiger partial charge in [-0.15, -0.1) is 0 Å². The van der Waals surface area contributed by atoms with E-state index >= 15 is 0 Å². The van der Waals surface area contributed by atoms with Crippen molar-refractivity contribution < 1.29 is 0 Å².